The van der Waals surface area contributed by atoms with E-state index in [4.69, 9.17) is 14.2 Å². The van der Waals surface area contributed by atoms with Gasteiger partial charge in [-0.3, -0.25) is 9.89 Å². The number of benzene rings is 1. The molecule has 188 valence electrons. The Morgan fingerprint density at radius 1 is 1.12 bits per heavy atom. The topological polar surface area (TPSA) is 70.6 Å². The Morgan fingerprint density at radius 2 is 1.79 bits per heavy atom. The smallest absolute Gasteiger partial charge is 0.191 e. The number of guanidine groups is 1. The molecule has 0 aliphatic carbocycles. The minimum atomic E-state index is 0. The van der Waals surface area contributed by atoms with Crippen molar-refractivity contribution in [2.75, 3.05) is 72.1 Å². The number of nitrogens with zero attached hydrogens (tertiary/aromatic N) is 3. The first-order valence-corrected chi connectivity index (χ1v) is 11.8. The van der Waals surface area contributed by atoms with Crippen LogP contribution >= 0.6 is 24.0 Å². The largest absolute Gasteiger partial charge is 0.497 e. The molecular formula is C24H42IN5O3. The Hall–Kier alpha value is -1.46. The van der Waals surface area contributed by atoms with E-state index in [1.54, 1.807) is 14.2 Å². The number of rotatable bonds is 9. The number of halogens is 1. The summed E-state index contributed by atoms with van der Waals surface area (Å²) in [6.45, 7) is 11.0. The minimum Gasteiger partial charge on any atom is -0.497 e. The van der Waals surface area contributed by atoms with Gasteiger partial charge in [-0.25, -0.2) is 0 Å². The summed E-state index contributed by atoms with van der Waals surface area (Å²) in [5.41, 5.74) is 1.12. The second kappa shape index (κ2) is 14.1. The first-order valence-electron chi connectivity index (χ1n) is 11.8. The van der Waals surface area contributed by atoms with Crippen LogP contribution in [0, 0.1) is 5.92 Å². The lowest BCUT2D eigenvalue weighted by Gasteiger charge is -2.36. The van der Waals surface area contributed by atoms with Crippen molar-refractivity contribution in [3.8, 4) is 11.5 Å². The maximum absolute atomic E-state index is 5.55. The van der Waals surface area contributed by atoms with Gasteiger partial charge in [0.1, 0.15) is 11.5 Å². The van der Waals surface area contributed by atoms with Crippen LogP contribution in [0.15, 0.2) is 23.2 Å². The number of hydrogen-bond donors (Lipinski definition) is 2. The van der Waals surface area contributed by atoms with Crippen molar-refractivity contribution in [3.05, 3.63) is 18.2 Å². The van der Waals surface area contributed by atoms with E-state index in [0.29, 0.717) is 18.0 Å². The number of aliphatic imine (C=N–C) groups is 1. The minimum absolute atomic E-state index is 0. The van der Waals surface area contributed by atoms with Crippen LogP contribution in [-0.2, 0) is 4.74 Å². The van der Waals surface area contributed by atoms with E-state index in [0.717, 1.165) is 75.5 Å². The number of morpholine rings is 1. The van der Waals surface area contributed by atoms with Gasteiger partial charge in [0.05, 0.1) is 27.4 Å². The van der Waals surface area contributed by atoms with Crippen molar-refractivity contribution in [1.29, 1.82) is 0 Å². The van der Waals surface area contributed by atoms with Crippen LogP contribution in [0.1, 0.15) is 26.7 Å². The molecule has 9 heteroatoms. The predicted octanol–water partition coefficient (Wildman–Crippen LogP) is 2.81. The molecule has 1 aromatic carbocycles. The van der Waals surface area contributed by atoms with Crippen molar-refractivity contribution in [1.82, 2.24) is 15.5 Å². The summed E-state index contributed by atoms with van der Waals surface area (Å²) in [7, 11) is 5.22. The quantitative estimate of drug-likeness (QED) is 0.267. The number of nitrogens with one attached hydrogen (secondary N) is 2. The molecule has 0 bridgehead atoms. The van der Waals surface area contributed by atoms with E-state index in [-0.39, 0.29) is 24.0 Å². The maximum atomic E-state index is 5.55. The van der Waals surface area contributed by atoms with E-state index < -0.39 is 0 Å². The van der Waals surface area contributed by atoms with Gasteiger partial charge in [0.25, 0.3) is 0 Å². The van der Waals surface area contributed by atoms with Gasteiger partial charge in [-0.15, -0.1) is 24.0 Å². The van der Waals surface area contributed by atoms with Crippen LogP contribution < -0.4 is 25.0 Å². The Labute approximate surface area is 216 Å². The zero-order valence-corrected chi connectivity index (χ0v) is 23.1. The number of ether oxygens (including phenoxy) is 3. The van der Waals surface area contributed by atoms with Gasteiger partial charge in [-0.2, -0.15) is 0 Å². The highest BCUT2D eigenvalue weighted by Gasteiger charge is 2.26. The first-order chi connectivity index (χ1) is 15.5. The van der Waals surface area contributed by atoms with Gasteiger partial charge in [-0.05, 0) is 18.8 Å². The second-order valence-corrected chi connectivity index (χ2v) is 9.03. The van der Waals surface area contributed by atoms with Gasteiger partial charge in [0, 0.05) is 75.7 Å². The van der Waals surface area contributed by atoms with Crippen molar-refractivity contribution in [3.63, 3.8) is 0 Å². The molecule has 0 radical (unpaired) electrons. The third kappa shape index (κ3) is 8.36. The normalized spacial score (nSPS) is 20.4. The monoisotopic (exact) mass is 575 g/mol. The zero-order chi connectivity index (χ0) is 22.9. The summed E-state index contributed by atoms with van der Waals surface area (Å²) >= 11 is 0. The lowest BCUT2D eigenvalue weighted by atomic mass is 10.0. The molecule has 2 aliphatic heterocycles. The fourth-order valence-electron chi connectivity index (χ4n) is 4.54. The molecule has 8 nitrogen and oxygen atoms in total. The molecule has 2 fully saturated rings. The molecule has 0 saturated carbocycles. The van der Waals surface area contributed by atoms with Gasteiger partial charge in [-0.1, -0.05) is 13.8 Å². The molecule has 2 heterocycles. The molecule has 33 heavy (non-hydrogen) atoms. The summed E-state index contributed by atoms with van der Waals surface area (Å²) in [6, 6.07) is 6.86. The second-order valence-electron chi connectivity index (χ2n) is 9.03. The van der Waals surface area contributed by atoms with E-state index in [1.165, 1.54) is 6.42 Å². The van der Waals surface area contributed by atoms with Crippen LogP contribution in [-0.4, -0.2) is 90.1 Å². The molecule has 2 unspecified atom stereocenters. The highest BCUT2D eigenvalue weighted by Crippen LogP contribution is 2.30. The Balaban J connectivity index is 0.00000385. The summed E-state index contributed by atoms with van der Waals surface area (Å²) < 4.78 is 16.4. The molecule has 0 spiro atoms. The first kappa shape index (κ1) is 27.8. The van der Waals surface area contributed by atoms with Crippen LogP contribution in [0.25, 0.3) is 0 Å². The standard InChI is InChI=1S/C24H41N5O3.HI/c1-18(2)12-21(28-8-10-32-11-9-28)16-26-24(25-3)27-19-6-7-29(17-19)20-13-22(30-4)15-23(14-20)31-5;/h13-15,18-19,21H,6-12,16-17H2,1-5H3,(H2,25,26,27);1H. The Kier molecular flexibility index (Phi) is 11.8. The van der Waals surface area contributed by atoms with Crippen LogP contribution in [0.4, 0.5) is 5.69 Å². The van der Waals surface area contributed by atoms with Crippen molar-refractivity contribution >= 4 is 35.6 Å². The summed E-state index contributed by atoms with van der Waals surface area (Å²) in [5.74, 6) is 3.16. The van der Waals surface area contributed by atoms with E-state index in [9.17, 15) is 0 Å². The van der Waals surface area contributed by atoms with Crippen LogP contribution in [0.2, 0.25) is 0 Å². The van der Waals surface area contributed by atoms with Crippen molar-refractivity contribution < 1.29 is 14.2 Å². The fourth-order valence-corrected chi connectivity index (χ4v) is 4.54. The molecule has 1 aromatic rings. The summed E-state index contributed by atoms with van der Waals surface area (Å²) in [6.07, 6.45) is 2.22. The van der Waals surface area contributed by atoms with Gasteiger partial charge >= 0.3 is 0 Å². The maximum Gasteiger partial charge on any atom is 0.191 e. The van der Waals surface area contributed by atoms with E-state index >= 15 is 0 Å². The van der Waals surface area contributed by atoms with Gasteiger partial charge < -0.3 is 29.7 Å². The average Bonchev–Trinajstić information content (AvgIpc) is 3.29. The third-order valence-electron chi connectivity index (χ3n) is 6.26. The van der Waals surface area contributed by atoms with E-state index in [1.807, 2.05) is 13.1 Å². The number of anilines is 1. The summed E-state index contributed by atoms with van der Waals surface area (Å²) in [4.78, 5) is 9.41. The lowest BCUT2D eigenvalue weighted by molar-refractivity contribution is 0.0132. The highest BCUT2D eigenvalue weighted by atomic mass is 127. The zero-order valence-electron chi connectivity index (χ0n) is 20.8. The molecule has 2 saturated heterocycles. The lowest BCUT2D eigenvalue weighted by Crippen LogP contribution is -2.52. The van der Waals surface area contributed by atoms with Crippen molar-refractivity contribution in [2.45, 2.75) is 38.8 Å². The Morgan fingerprint density at radius 3 is 2.36 bits per heavy atom. The molecular weight excluding hydrogens is 533 g/mol. The van der Waals surface area contributed by atoms with Gasteiger partial charge in [0.15, 0.2) is 5.96 Å². The Bertz CT molecular complexity index is 721. The third-order valence-corrected chi connectivity index (χ3v) is 6.26. The molecule has 2 N–H and O–H groups in total. The molecule has 0 aromatic heterocycles. The highest BCUT2D eigenvalue weighted by molar-refractivity contribution is 14.0. The molecule has 3 rings (SSSR count). The molecule has 2 aliphatic rings. The number of hydrogen-bond acceptors (Lipinski definition) is 6. The van der Waals surface area contributed by atoms with Crippen LogP contribution in [0.5, 0.6) is 11.5 Å². The van der Waals surface area contributed by atoms with Crippen LogP contribution in [0.3, 0.4) is 0 Å². The molecule has 0 amide bonds. The van der Waals surface area contributed by atoms with Gasteiger partial charge in [0.2, 0.25) is 0 Å². The SMILES string of the molecule is CN=C(NCC(CC(C)C)N1CCOCC1)NC1CCN(c2cc(OC)cc(OC)c2)C1.I. The van der Waals surface area contributed by atoms with Crippen molar-refractivity contribution in [2.24, 2.45) is 10.9 Å². The predicted molar refractivity (Wildman–Crippen MR) is 146 cm³/mol. The fraction of sp³-hybridized carbons (Fsp3) is 0.708. The average molecular weight is 576 g/mol. The van der Waals surface area contributed by atoms with E-state index in [2.05, 4.69) is 51.4 Å². The number of methoxy groups -OCH3 is 2. The summed E-state index contributed by atoms with van der Waals surface area (Å²) in [5, 5.41) is 7.21. The molecule has 2 atom stereocenters.